The molecule has 0 bridgehead atoms. The molecular formula is C74H106ClN22O30P4S9-3. The van der Waals surface area contributed by atoms with Gasteiger partial charge in [0.1, 0.15) is 84.4 Å². The van der Waals surface area contributed by atoms with Gasteiger partial charge in [0.15, 0.2) is 44.7 Å². The van der Waals surface area contributed by atoms with E-state index in [1.54, 1.807) is 136 Å². The highest BCUT2D eigenvalue weighted by Gasteiger charge is 2.43. The van der Waals surface area contributed by atoms with Crippen molar-refractivity contribution >= 4 is 227 Å². The fourth-order valence-electron chi connectivity index (χ4n) is 12.8. The maximum Gasteiger partial charge on any atom is 0.403 e. The number of aromatic amines is 4. The number of carbonyl (C=O) groups excluding carboxylic acids is 1. The summed E-state index contributed by atoms with van der Waals surface area (Å²) in [6.45, 7) is 9.00. The van der Waals surface area contributed by atoms with Crippen LogP contribution < -0.4 is 52.9 Å². The fourth-order valence-corrected chi connectivity index (χ4v) is 23.0. The Labute approximate surface area is 844 Å². The second-order valence-electron chi connectivity index (χ2n) is 28.9. The number of aromatic nitrogens is 16. The number of phosphoric acid groups is 3. The van der Waals surface area contributed by atoms with Crippen molar-refractivity contribution in [3.05, 3.63) is 126 Å². The van der Waals surface area contributed by atoms with Crippen LogP contribution in [-0.4, -0.2) is 288 Å². The van der Waals surface area contributed by atoms with Gasteiger partial charge in [0.2, 0.25) is 35.5 Å². The van der Waals surface area contributed by atoms with Gasteiger partial charge in [-0.25, -0.2) is 51.8 Å². The molecule has 15 rings (SSSR count). The molecule has 4 fully saturated rings. The van der Waals surface area contributed by atoms with Gasteiger partial charge < -0.3 is 108 Å². The molecule has 52 nitrogen and oxygen atoms in total. The average molecular weight is 2240 g/mol. The number of para-hydroxylation sites is 1. The van der Waals surface area contributed by atoms with Crippen molar-refractivity contribution in [1.82, 2.24) is 87.9 Å². The van der Waals surface area contributed by atoms with Gasteiger partial charge in [0.05, 0.1) is 93.7 Å². The molecule has 5 aliphatic heterocycles. The smallest absolute Gasteiger partial charge is 0.403 e. The number of hydrogen-bond acceptors (Lipinski definition) is 49. The molecular weight excluding hydrogens is 2120 g/mol. The molecule has 0 spiro atoms. The van der Waals surface area contributed by atoms with Gasteiger partial charge in [-0.15, -0.1) is 0 Å². The molecule has 776 valence electrons. The molecule has 10 aromatic rings. The summed E-state index contributed by atoms with van der Waals surface area (Å²) in [5.41, 5.74) is 12.4. The number of aliphatic hydroxyl groups excluding tert-OH is 3. The zero-order chi connectivity index (χ0) is 106. The van der Waals surface area contributed by atoms with Gasteiger partial charge in [0, 0.05) is 84.7 Å². The average Bonchev–Trinajstić information content (AvgIpc) is 1.64. The Bertz CT molecular complexity index is 6340. The van der Waals surface area contributed by atoms with E-state index in [1.165, 1.54) is 72.6 Å². The molecule has 140 heavy (non-hydrogen) atoms. The predicted molar refractivity (Wildman–Crippen MR) is 534 cm³/mol. The van der Waals surface area contributed by atoms with E-state index >= 15 is 0 Å². The van der Waals surface area contributed by atoms with Crippen LogP contribution in [0.2, 0.25) is 0 Å². The second-order valence-corrected chi connectivity index (χ2v) is 47.4. The van der Waals surface area contributed by atoms with Crippen LogP contribution in [0.15, 0.2) is 108 Å². The molecule has 66 heteroatoms. The number of aliphatic imine (C=N–C) groups is 2. The molecule has 4 saturated heterocycles. The lowest BCUT2D eigenvalue weighted by Gasteiger charge is -2.33. The van der Waals surface area contributed by atoms with Crippen LogP contribution in [0, 0.1) is 6.92 Å². The number of phosphoric ester groups is 1. The SMILES string of the molecule is CCS.CCSSCOC1C[C@H](n2cnc3c(=O)[nH]c(N)nc32)O[C@@H]1CO.CCSSCOC1C[C@H](n2cnc3c(=O)[nH]c(N)nc32)O[C@@H]1COP(=O)([O-])OP(=O)([O-])OP(=O)([O-])O.O=C1OP(Cl)Oc2ccccc21.[2H]OC[C@H]1O[C@@H](n2cnc3c(=O)[nH]c(N=CN(C)C)nc32)CC1OCSS(=O)(=O)c1ccc(C)cc1.[2H]OC[C@H]1O[C@@H](n2cnc3c(=O)[nH]c(N=CN(C)C)nc32)CC1OCSSCC.[3H]C.[3H]C. The quantitative estimate of drug-likeness (QED) is 0.00335. The maximum atomic E-state index is 12.6. The number of nitrogens with one attached hydrogen (secondary N) is 4. The zero-order valence-corrected chi connectivity index (χ0v) is 88.1. The number of anilines is 2. The van der Waals surface area contributed by atoms with Gasteiger partial charge in [0.25, 0.3) is 45.7 Å². The molecule has 2 aromatic carbocycles. The van der Waals surface area contributed by atoms with E-state index in [9.17, 15) is 65.9 Å². The number of aliphatic hydroxyl groups is 3. The second kappa shape index (κ2) is 56.1. The number of nitrogens with zero attached hydrogens (tertiary/aromatic N) is 16. The van der Waals surface area contributed by atoms with E-state index in [-0.39, 0.29) is 118 Å². The first-order chi connectivity index (χ1) is 68.7. The fraction of sp³-hybridized carbons (Fsp3) is 0.527. The van der Waals surface area contributed by atoms with Gasteiger partial charge in [-0.1, -0.05) is 137 Å². The third kappa shape index (κ3) is 34.1. The highest BCUT2D eigenvalue weighted by atomic mass is 35.7. The lowest BCUT2D eigenvalue weighted by molar-refractivity contribution is -0.250. The van der Waals surface area contributed by atoms with Crippen molar-refractivity contribution in [2.75, 3.05) is 113 Å². The summed E-state index contributed by atoms with van der Waals surface area (Å²) >= 11 is 9.33. The summed E-state index contributed by atoms with van der Waals surface area (Å²) in [5, 5.41) is 18.6. The first-order valence-electron chi connectivity index (χ1n) is 43.7. The predicted octanol–water partition coefficient (Wildman–Crippen LogP) is 7.57. The first-order valence-corrected chi connectivity index (χ1v) is 58.4. The number of aryl methyl sites for hydroxylation is 1. The summed E-state index contributed by atoms with van der Waals surface area (Å²) < 4.78 is 159. The number of thiol groups is 1. The molecule has 16 atom stereocenters. The van der Waals surface area contributed by atoms with Gasteiger partial charge in [-0.05, 0) is 48.2 Å². The third-order valence-electron chi connectivity index (χ3n) is 18.7. The summed E-state index contributed by atoms with van der Waals surface area (Å²) in [7, 11) is -2.87. The van der Waals surface area contributed by atoms with Crippen LogP contribution in [0.4, 0.5) is 23.8 Å². The van der Waals surface area contributed by atoms with Crippen LogP contribution in [-0.2, 0) is 78.1 Å². The van der Waals surface area contributed by atoms with Gasteiger partial charge >= 0.3 is 13.7 Å². The molecule has 8 unspecified atom stereocenters. The molecule has 0 radical (unpaired) electrons. The van der Waals surface area contributed by atoms with Crippen molar-refractivity contribution in [1.29, 1.82) is 2.86 Å². The van der Waals surface area contributed by atoms with Gasteiger partial charge in [-0.2, -0.15) is 32.6 Å². The van der Waals surface area contributed by atoms with E-state index in [4.69, 9.17) is 75.6 Å². The number of fused-ring (bicyclic) bond motifs is 5. The minimum Gasteiger partial charge on any atom is -0.756 e. The molecule has 12 N–H and O–H groups in total. The number of halogens is 1. The Balaban J connectivity index is 0.000000222. The van der Waals surface area contributed by atoms with Crippen LogP contribution in [0.1, 0.15) is 112 Å². The monoisotopic (exact) mass is 2240 g/mol. The highest BCUT2D eigenvalue weighted by molar-refractivity contribution is 8.77. The summed E-state index contributed by atoms with van der Waals surface area (Å²) in [6, 6.07) is 13.4. The number of nitrogens with two attached hydrogens (primary N) is 2. The number of benzene rings is 2. The number of ether oxygens (including phenoxy) is 8. The molecule has 5 aliphatic rings. The third-order valence-corrected chi connectivity index (χ3v) is 33.0. The number of hydrogen-bond donors (Lipinski definition) is 11. The van der Waals surface area contributed by atoms with Crippen LogP contribution >= 0.6 is 131 Å². The Morgan fingerprint density at radius 2 is 0.957 bits per heavy atom. The van der Waals surface area contributed by atoms with Crippen molar-refractivity contribution in [3.63, 3.8) is 0 Å². The normalized spacial score (nSPS) is 22.5. The Hall–Kier alpha value is -6.91. The minimum absolute atomic E-state index is 0.0201. The molecule has 0 amide bonds. The number of imidazole rings is 4. The molecule has 8 aromatic heterocycles. The number of carbonyl (C=O) groups is 1. The van der Waals surface area contributed by atoms with E-state index in [1.807, 2.05) is 34.9 Å². The minimum atomic E-state index is -6.05. The number of rotatable bonds is 40. The highest BCUT2D eigenvalue weighted by Crippen LogP contribution is 2.62. The molecule has 13 heterocycles. The van der Waals surface area contributed by atoms with Crippen molar-refractivity contribution in [2.24, 2.45) is 9.98 Å². The summed E-state index contributed by atoms with van der Waals surface area (Å²) in [4.78, 5) is 157. The van der Waals surface area contributed by atoms with Gasteiger partial charge in [-0.3, -0.25) is 71.1 Å². The molecule has 0 aliphatic carbocycles. The lowest BCUT2D eigenvalue weighted by atomic mass is 10.2. The Morgan fingerprint density at radius 1 is 0.586 bits per heavy atom. The van der Waals surface area contributed by atoms with Crippen LogP contribution in [0.25, 0.3) is 44.7 Å². The number of nitrogen functional groups attached to an aromatic ring is 2. The van der Waals surface area contributed by atoms with Crippen molar-refractivity contribution in [2.45, 2.75) is 154 Å². The van der Waals surface area contributed by atoms with E-state index in [2.05, 4.69) is 124 Å². The van der Waals surface area contributed by atoms with E-state index < -0.39 is 131 Å². The largest absolute Gasteiger partial charge is 0.756 e. The number of H-pyrrole nitrogens is 4. The first kappa shape index (κ1) is 112. The standard InChI is InChI=1S/C21H26N6O6S2.C16H24N6O4S2.C13H22N5O13P3S2.C13H19N5O4S2.C7H4ClO3P.C2H6S.2CH4/c1-13-4-6-14(7-5-13)35(30,31)34-12-32-15-8-17(33-16(15)9-28)27-11-22-18-19(27)24-21(25-20(18)29)23-10-26(2)3;1-4-27-28-9-25-10-5-12(26-11(10)6-23)22-8-17-13-14(22)19-16(20-15(13)24)18-7-21(2)3;1-2-35-36-6-27-7-3-9(18-5-15-10-11(18)16-13(14)17-12(10)19)29-8(7)4-28-33(23,24)31-34(25,26)30-32(20,21)22;1-2-23-24-6-21-7-3-9(22-8(7)4-19)18-5-15-10-11(18)16-13(14)17-12(10)20;8-12-10-6-4-2-1-3-5(6)7(9)11-12;1-2-3;;/h4-7,10-11,15-17,28H,8-9,12H2,1-3H3,(H,24,25,29);7-8,10-12,23H,4-6,9H2,1-3H3,(H,19,20,24);5,7-9H,2-4,6H2,1H3,(H,23,24)(H,25,26)(H2,20,21,22)(H3,14,16,17,19);5,7-9,19H,2-4,6H2,1H3,(H3,14,16,17,20);1-4H;3H,2H2,1H3;2*1H4/p-3/t15?,16-,17-;10?,11-,12-;2*7?,8-,9-;;;;/m1111..../s1/i28D;23D;;;;;2*1T. The van der Waals surface area contributed by atoms with E-state index in [0.717, 1.165) is 28.6 Å². The zero-order valence-electron chi connectivity index (χ0n) is 80.3. The summed E-state index contributed by atoms with van der Waals surface area (Å²) in [5.74, 6) is 5.02. The van der Waals surface area contributed by atoms with E-state index in [0.29, 0.717) is 64.5 Å². The maximum absolute atomic E-state index is 12.6. The molecule has 0 saturated carbocycles. The Kier molecular flexibility index (Phi) is 44.8. The van der Waals surface area contributed by atoms with Crippen molar-refractivity contribution in [3.8, 4) is 5.75 Å². The summed E-state index contributed by atoms with van der Waals surface area (Å²) in [6.07, 6.45) is 3.51. The van der Waals surface area contributed by atoms with Crippen LogP contribution in [0.5, 0.6) is 5.75 Å². The topological polar surface area (TPSA) is 710 Å². The Morgan fingerprint density at radius 3 is 1.34 bits per heavy atom. The lowest BCUT2D eigenvalue weighted by Crippen LogP contribution is -2.30. The van der Waals surface area contributed by atoms with Crippen LogP contribution in [0.3, 0.4) is 0 Å². The van der Waals surface area contributed by atoms with Crippen molar-refractivity contribution < 1.29 is 125 Å².